The van der Waals surface area contributed by atoms with E-state index in [0.29, 0.717) is 125 Å². The molecule has 0 atom stereocenters. The molecule has 0 aromatic rings. The molecule has 0 amide bonds. The minimum atomic E-state index is -0.125. The topological polar surface area (TPSA) is 109 Å². The standard InChI is InChI=1S/C49H98O11/c1-3-5-7-9-11-13-15-16-17-18-19-21-23-25-27-29-49(50)60-48-47-59-46-45-58-44-43-57-42-41-56-40-39-55-38-37-54-36-35-53-34-33-52-32-31-51-30-28-26-24-22-20-14-12-10-8-6-4-2/h3-48H2,1-2H3. The molecule has 0 aromatic carbocycles. The van der Waals surface area contributed by atoms with E-state index >= 15 is 0 Å². The van der Waals surface area contributed by atoms with Crippen LogP contribution < -0.4 is 0 Å². The Hall–Kier alpha value is -0.890. The van der Waals surface area contributed by atoms with Gasteiger partial charge in [0.1, 0.15) is 6.61 Å². The molecule has 0 fully saturated rings. The number of carbonyl (C=O) groups is 1. The van der Waals surface area contributed by atoms with Crippen LogP contribution in [0, 0.1) is 0 Å². The second kappa shape index (κ2) is 56.1. The highest BCUT2D eigenvalue weighted by atomic mass is 16.6. The molecule has 360 valence electrons. The fourth-order valence-electron chi connectivity index (χ4n) is 6.66. The third kappa shape index (κ3) is 55.1. The van der Waals surface area contributed by atoms with Crippen molar-refractivity contribution in [3.8, 4) is 0 Å². The van der Waals surface area contributed by atoms with Gasteiger partial charge in [0.2, 0.25) is 0 Å². The lowest BCUT2D eigenvalue weighted by atomic mass is 10.0. The number of hydrogen-bond donors (Lipinski definition) is 0. The smallest absolute Gasteiger partial charge is 0.305 e. The van der Waals surface area contributed by atoms with Crippen LogP contribution in [0.1, 0.15) is 187 Å². The summed E-state index contributed by atoms with van der Waals surface area (Å²) in [6.07, 6.45) is 35.1. The van der Waals surface area contributed by atoms with Crippen LogP contribution in [0.2, 0.25) is 0 Å². The molecular weight excluding hydrogens is 765 g/mol. The average Bonchev–Trinajstić information content (AvgIpc) is 3.25. The summed E-state index contributed by atoms with van der Waals surface area (Å²) in [5, 5.41) is 0. The van der Waals surface area contributed by atoms with Crippen molar-refractivity contribution < 1.29 is 52.2 Å². The van der Waals surface area contributed by atoms with Gasteiger partial charge >= 0.3 is 5.97 Å². The summed E-state index contributed by atoms with van der Waals surface area (Å²) in [6.45, 7) is 14.6. The summed E-state index contributed by atoms with van der Waals surface area (Å²) in [5.41, 5.74) is 0. The van der Waals surface area contributed by atoms with Crippen LogP contribution in [0.3, 0.4) is 0 Å². The Morgan fingerprint density at radius 3 is 0.700 bits per heavy atom. The summed E-state index contributed by atoms with van der Waals surface area (Å²) >= 11 is 0. The van der Waals surface area contributed by atoms with Gasteiger partial charge in [0.15, 0.2) is 0 Å². The normalized spacial score (nSPS) is 11.6. The summed E-state index contributed by atoms with van der Waals surface area (Å²) in [7, 11) is 0. The van der Waals surface area contributed by atoms with Crippen LogP contribution in [0.25, 0.3) is 0 Å². The number of hydrogen-bond acceptors (Lipinski definition) is 11. The van der Waals surface area contributed by atoms with Gasteiger partial charge in [0, 0.05) is 13.0 Å². The zero-order valence-electron chi connectivity index (χ0n) is 39.5. The van der Waals surface area contributed by atoms with Crippen molar-refractivity contribution in [3.05, 3.63) is 0 Å². The molecule has 0 aliphatic heterocycles. The largest absolute Gasteiger partial charge is 0.463 e. The quantitative estimate of drug-likeness (QED) is 0.0431. The van der Waals surface area contributed by atoms with Crippen molar-refractivity contribution in [1.82, 2.24) is 0 Å². The maximum Gasteiger partial charge on any atom is 0.305 e. The maximum absolute atomic E-state index is 11.9. The first-order valence-corrected chi connectivity index (χ1v) is 25.2. The van der Waals surface area contributed by atoms with Gasteiger partial charge in [-0.05, 0) is 12.8 Å². The lowest BCUT2D eigenvalue weighted by molar-refractivity contribution is -0.145. The van der Waals surface area contributed by atoms with Crippen LogP contribution in [-0.2, 0) is 52.2 Å². The highest BCUT2D eigenvalue weighted by Crippen LogP contribution is 2.14. The van der Waals surface area contributed by atoms with E-state index < -0.39 is 0 Å². The van der Waals surface area contributed by atoms with E-state index in [-0.39, 0.29) is 5.97 Å². The molecule has 11 heteroatoms. The van der Waals surface area contributed by atoms with E-state index in [1.807, 2.05) is 0 Å². The molecule has 0 aliphatic carbocycles. The van der Waals surface area contributed by atoms with Gasteiger partial charge in [-0.1, -0.05) is 168 Å². The molecule has 0 bridgehead atoms. The van der Waals surface area contributed by atoms with Crippen LogP contribution in [0.15, 0.2) is 0 Å². The Labute approximate surface area is 370 Å². The second-order valence-corrected chi connectivity index (χ2v) is 16.0. The van der Waals surface area contributed by atoms with Gasteiger partial charge in [-0.25, -0.2) is 0 Å². The van der Waals surface area contributed by atoms with Crippen molar-refractivity contribution in [2.24, 2.45) is 0 Å². The third-order valence-electron chi connectivity index (χ3n) is 10.3. The Kier molecular flexibility index (Phi) is 55.3. The molecule has 0 saturated carbocycles. The predicted octanol–water partition coefficient (Wildman–Crippen LogP) is 11.3. The first-order chi connectivity index (χ1) is 29.8. The highest BCUT2D eigenvalue weighted by molar-refractivity contribution is 5.69. The van der Waals surface area contributed by atoms with E-state index in [4.69, 9.17) is 47.4 Å². The first-order valence-electron chi connectivity index (χ1n) is 25.2. The zero-order chi connectivity index (χ0) is 43.2. The van der Waals surface area contributed by atoms with Crippen molar-refractivity contribution in [2.45, 2.75) is 187 Å². The minimum absolute atomic E-state index is 0.125. The molecule has 11 nitrogen and oxygen atoms in total. The summed E-state index contributed by atoms with van der Waals surface area (Å²) < 4.78 is 55.2. The summed E-state index contributed by atoms with van der Waals surface area (Å²) in [4.78, 5) is 11.9. The molecule has 0 spiro atoms. The van der Waals surface area contributed by atoms with Gasteiger partial charge < -0.3 is 47.4 Å². The third-order valence-corrected chi connectivity index (χ3v) is 10.3. The van der Waals surface area contributed by atoms with Gasteiger partial charge in [0.05, 0.1) is 112 Å². The van der Waals surface area contributed by atoms with E-state index in [2.05, 4.69) is 13.8 Å². The lowest BCUT2D eigenvalue weighted by Crippen LogP contribution is -2.15. The van der Waals surface area contributed by atoms with Crippen molar-refractivity contribution >= 4 is 5.97 Å². The molecule has 0 N–H and O–H groups in total. The molecule has 0 unspecified atom stereocenters. The number of ether oxygens (including phenoxy) is 10. The van der Waals surface area contributed by atoms with Gasteiger partial charge in [-0.3, -0.25) is 4.79 Å². The van der Waals surface area contributed by atoms with Crippen molar-refractivity contribution in [3.63, 3.8) is 0 Å². The lowest BCUT2D eigenvalue weighted by Gasteiger charge is -2.09. The van der Waals surface area contributed by atoms with E-state index in [0.717, 1.165) is 25.9 Å². The number of esters is 1. The van der Waals surface area contributed by atoms with Crippen molar-refractivity contribution in [1.29, 1.82) is 0 Å². The van der Waals surface area contributed by atoms with Crippen LogP contribution in [0.4, 0.5) is 0 Å². The van der Waals surface area contributed by atoms with E-state index in [1.165, 1.54) is 148 Å². The molecule has 0 rings (SSSR count). The Morgan fingerprint density at radius 2 is 0.433 bits per heavy atom. The maximum atomic E-state index is 11.9. The zero-order valence-corrected chi connectivity index (χ0v) is 39.5. The second-order valence-electron chi connectivity index (χ2n) is 16.0. The molecule has 0 heterocycles. The molecular formula is C49H98O11. The summed E-state index contributed by atoms with van der Waals surface area (Å²) in [5.74, 6) is -0.125. The van der Waals surface area contributed by atoms with Crippen LogP contribution >= 0.6 is 0 Å². The molecule has 0 saturated heterocycles. The monoisotopic (exact) mass is 863 g/mol. The summed E-state index contributed by atoms with van der Waals surface area (Å²) in [6, 6.07) is 0. The molecule has 0 radical (unpaired) electrons. The highest BCUT2D eigenvalue weighted by Gasteiger charge is 2.03. The Morgan fingerprint density at radius 1 is 0.233 bits per heavy atom. The van der Waals surface area contributed by atoms with Gasteiger partial charge in [0.25, 0.3) is 0 Å². The first kappa shape index (κ1) is 59.1. The number of unbranched alkanes of at least 4 members (excludes halogenated alkanes) is 24. The van der Waals surface area contributed by atoms with Gasteiger partial charge in [-0.2, -0.15) is 0 Å². The fourth-order valence-corrected chi connectivity index (χ4v) is 6.66. The Bertz CT molecular complexity index is 776. The molecule has 60 heavy (non-hydrogen) atoms. The van der Waals surface area contributed by atoms with E-state index in [9.17, 15) is 4.79 Å². The van der Waals surface area contributed by atoms with Crippen molar-refractivity contribution in [2.75, 3.05) is 126 Å². The van der Waals surface area contributed by atoms with E-state index in [1.54, 1.807) is 0 Å². The SMILES string of the molecule is CCCCCCCCCCCCCCCCCC(=O)OCCOCCOCCOCCOCCOCCOCCOCCOCCOCCCCCCCCCCCCC. The number of rotatable bonds is 55. The Balaban J connectivity index is 3.12. The predicted molar refractivity (Wildman–Crippen MR) is 244 cm³/mol. The number of carbonyl (C=O) groups excluding carboxylic acids is 1. The fraction of sp³-hybridized carbons (Fsp3) is 0.980. The minimum Gasteiger partial charge on any atom is -0.463 e. The average molecular weight is 863 g/mol. The van der Waals surface area contributed by atoms with Crippen LogP contribution in [0.5, 0.6) is 0 Å². The van der Waals surface area contributed by atoms with Gasteiger partial charge in [-0.15, -0.1) is 0 Å². The molecule has 0 aromatic heterocycles. The molecule has 0 aliphatic rings. The van der Waals surface area contributed by atoms with Crippen LogP contribution in [-0.4, -0.2) is 132 Å².